The van der Waals surface area contributed by atoms with Gasteiger partial charge in [0.1, 0.15) is 48.8 Å². The number of nitrogens with one attached hydrogen (secondary N) is 8. The van der Waals surface area contributed by atoms with Crippen molar-refractivity contribution in [1.29, 1.82) is 0 Å². The van der Waals surface area contributed by atoms with Crippen molar-refractivity contribution in [3.63, 3.8) is 0 Å². The molecule has 0 radical (unpaired) electrons. The molecule has 4 aliphatic heterocycles. The zero-order valence-electron chi connectivity index (χ0n) is 92.9. The first-order valence-electron chi connectivity index (χ1n) is 58.6. The third kappa shape index (κ3) is 40.4. The number of amides is 6. The summed E-state index contributed by atoms with van der Waals surface area (Å²) < 4.78 is 99.1. The van der Waals surface area contributed by atoms with Crippen molar-refractivity contribution >= 4 is 36.6 Å². The van der Waals surface area contributed by atoms with Gasteiger partial charge in [-0.05, 0) is 316 Å². The van der Waals surface area contributed by atoms with Crippen LogP contribution in [0.2, 0.25) is 0 Å². The van der Waals surface area contributed by atoms with E-state index in [1.165, 1.54) is 25.7 Å². The molecule has 12 rings (SSSR count). The fourth-order valence-electron chi connectivity index (χ4n) is 26.4. The van der Waals surface area contributed by atoms with Crippen molar-refractivity contribution < 1.29 is 105 Å². The number of alkyl carbamates (subject to hydrolysis) is 6. The van der Waals surface area contributed by atoms with Crippen molar-refractivity contribution in [2.45, 2.75) is 400 Å². The van der Waals surface area contributed by atoms with Gasteiger partial charge in [-0.2, -0.15) is 0 Å². The zero-order valence-corrected chi connectivity index (χ0v) is 92.9. The molecule has 0 aromatic rings. The quantitative estimate of drug-likeness (QED) is 0.0159. The summed E-state index contributed by atoms with van der Waals surface area (Å²) >= 11 is 0. The Morgan fingerprint density at radius 3 is 0.568 bits per heavy atom. The number of ether oxygens (including phenoxy) is 16. The van der Waals surface area contributed by atoms with E-state index in [4.69, 9.17) is 75.8 Å². The maximum absolute atomic E-state index is 13.0. The minimum Gasteiger partial charge on any atom is -0.442 e. The lowest BCUT2D eigenvalue weighted by Crippen LogP contribution is -2.52. The number of piperazine rings is 2. The molecule has 8 unspecified atom stereocenters. The summed E-state index contributed by atoms with van der Waals surface area (Å²) in [6.45, 7) is 49.8. The first-order chi connectivity index (χ1) is 70.4. The maximum atomic E-state index is 13.0. The molecule has 0 spiro atoms. The second kappa shape index (κ2) is 61.9. The van der Waals surface area contributed by atoms with Crippen LogP contribution in [0, 0.1) is 69.0 Å². The van der Waals surface area contributed by atoms with Crippen LogP contribution in [0.25, 0.3) is 0 Å². The highest BCUT2D eigenvalue weighted by atomic mass is 16.6. The van der Waals surface area contributed by atoms with Crippen LogP contribution in [0.4, 0.5) is 28.8 Å². The summed E-state index contributed by atoms with van der Waals surface area (Å²) in [6.07, 6.45) is 31.2. The van der Waals surface area contributed by atoms with Crippen molar-refractivity contribution in [2.24, 2.45) is 69.0 Å². The molecule has 34 heteroatoms. The third-order valence-corrected chi connectivity index (χ3v) is 36.3. The van der Waals surface area contributed by atoms with Gasteiger partial charge in [0.2, 0.25) is 0 Å². The van der Waals surface area contributed by atoms with E-state index in [1.807, 2.05) is 41.5 Å². The predicted octanol–water partition coefficient (Wildman–Crippen LogP) is 15.6. The Hall–Kier alpha value is -5.02. The van der Waals surface area contributed by atoms with Gasteiger partial charge in [-0.25, -0.2) is 28.8 Å². The zero-order chi connectivity index (χ0) is 104. The highest BCUT2D eigenvalue weighted by Crippen LogP contribution is 2.54. The van der Waals surface area contributed by atoms with Crippen LogP contribution in [0.15, 0.2) is 0 Å². The molecule has 146 heavy (non-hydrogen) atoms. The van der Waals surface area contributed by atoms with E-state index in [1.54, 1.807) is 0 Å². The molecular weight excluding hydrogens is 1870 g/mol. The molecule has 0 aromatic heterocycles. The van der Waals surface area contributed by atoms with Gasteiger partial charge in [-0.1, -0.05) is 55.4 Å². The van der Waals surface area contributed by atoms with E-state index in [2.05, 4.69) is 118 Å². The van der Waals surface area contributed by atoms with Crippen LogP contribution in [0.3, 0.4) is 0 Å². The van der Waals surface area contributed by atoms with Crippen molar-refractivity contribution in [3.05, 3.63) is 0 Å². The topological polar surface area (TPSA) is 366 Å². The highest BCUT2D eigenvalue weighted by Gasteiger charge is 2.48. The molecule has 0 aromatic carbocycles. The monoisotopic (exact) mass is 2070 g/mol. The molecule has 6 amide bonds. The number of carbonyl (C=O) groups excluding carboxylic acids is 6. The number of carbonyl (C=O) groups is 6. The van der Waals surface area contributed by atoms with E-state index in [9.17, 15) is 28.8 Å². The van der Waals surface area contributed by atoms with Crippen molar-refractivity contribution in [2.75, 3.05) is 210 Å². The number of epoxide rings is 2. The normalized spacial score (nSPS) is 30.0. The molecule has 8 aliphatic carbocycles. The molecule has 8 saturated carbocycles. The lowest BCUT2D eigenvalue weighted by Gasteiger charge is -2.46. The van der Waals surface area contributed by atoms with Gasteiger partial charge >= 0.3 is 36.6 Å². The molecule has 12 fully saturated rings. The summed E-state index contributed by atoms with van der Waals surface area (Å²) in [5, 5.41) is 23.9. The van der Waals surface area contributed by atoms with Gasteiger partial charge in [0.05, 0.1) is 115 Å². The Kier molecular flexibility index (Phi) is 50.7. The lowest BCUT2D eigenvalue weighted by atomic mass is 9.60. The molecule has 8 N–H and O–H groups in total. The Balaban J connectivity index is 0.500. The number of nitrogens with zero attached hydrogens (tertiary/aromatic N) is 4. The molecule has 842 valence electrons. The minimum absolute atomic E-state index is 0.0715. The van der Waals surface area contributed by atoms with Gasteiger partial charge in [-0.15, -0.1) is 0 Å². The first kappa shape index (κ1) is 120. The van der Waals surface area contributed by atoms with Crippen LogP contribution in [-0.2, 0) is 75.8 Å². The summed E-state index contributed by atoms with van der Waals surface area (Å²) in [4.78, 5) is 87.2. The summed E-state index contributed by atoms with van der Waals surface area (Å²) in [5.74, 6) is 4.97. The van der Waals surface area contributed by atoms with E-state index < -0.39 is 73.2 Å². The Bertz CT molecular complexity index is 3430. The molecule has 12 aliphatic rings. The van der Waals surface area contributed by atoms with Crippen LogP contribution < -0.4 is 42.5 Å². The average Bonchev–Trinajstić information content (AvgIpc) is 1.06. The van der Waals surface area contributed by atoms with Gasteiger partial charge in [0.15, 0.2) is 0 Å². The van der Waals surface area contributed by atoms with Gasteiger partial charge in [0.25, 0.3) is 0 Å². The van der Waals surface area contributed by atoms with E-state index in [-0.39, 0.29) is 71.5 Å². The highest BCUT2D eigenvalue weighted by molar-refractivity contribution is 5.69. The van der Waals surface area contributed by atoms with Gasteiger partial charge in [0, 0.05) is 144 Å². The maximum Gasteiger partial charge on any atom is 0.407 e. The third-order valence-electron chi connectivity index (χ3n) is 36.3. The summed E-state index contributed by atoms with van der Waals surface area (Å²) in [5.41, 5.74) is 0.810. The van der Waals surface area contributed by atoms with Crippen LogP contribution >= 0.6 is 0 Å². The molecule has 4 heterocycles. The second-order valence-corrected chi connectivity index (χ2v) is 47.6. The Morgan fingerprint density at radius 1 is 0.247 bits per heavy atom. The molecule has 0 bridgehead atoms. The van der Waals surface area contributed by atoms with E-state index >= 15 is 0 Å². The minimum atomic E-state index is -0.499. The van der Waals surface area contributed by atoms with Crippen molar-refractivity contribution in [3.8, 4) is 0 Å². The van der Waals surface area contributed by atoms with Gasteiger partial charge < -0.3 is 118 Å². The number of hydrogen-bond donors (Lipinski definition) is 8. The second-order valence-electron chi connectivity index (χ2n) is 47.6. The van der Waals surface area contributed by atoms with Crippen LogP contribution in [0.1, 0.15) is 302 Å². The molecule has 34 nitrogen and oxygen atoms in total. The number of hydrogen-bond acceptors (Lipinski definition) is 28. The standard InChI is InChI=1S/C112H202N12O22/c1-15-115-103(125)141-95(69-131-87-37-21-79(22-38-87)109(7,8)81-25-41-89(42-26-81)133-71-97(143-105(127)117-17-3)65-121-55-59-123(60-56-121)67-99(145-107(129)119-19-5)73-135-91-45-29-83(30-46-91)111(11,12)85-33-49-93(50-34-85)137-75-101-77-139-101)63-113-53-54-114-64-96(142-104(126)116-16-2)70-132-88-39-23-80(24-40-88)110(9,10)82-27-43-90(44-28-82)134-72-98(144-106(128)118-18-4)66-122-57-61-124(62-58-122)68-100(146-108(130)120-20-6)74-136-92-47-31-84(32-48-92)112(13,14)86-35-51-94(52-36-86)138-76-102-78-140-102/h79-102,113-114H,15-78H2,1-14H3,(H,115,125)(H,116,126)(H,117,127)(H,118,128)(H,119,129)(H,120,130). The van der Waals surface area contributed by atoms with E-state index in [0.29, 0.717) is 190 Å². The largest absolute Gasteiger partial charge is 0.442 e. The fraction of sp³-hybridized carbons (Fsp3) is 0.946. The molecule has 8 atom stereocenters. The Morgan fingerprint density at radius 2 is 0.404 bits per heavy atom. The van der Waals surface area contributed by atoms with Gasteiger partial charge in [-0.3, -0.25) is 19.6 Å². The molecular formula is C112H202N12O22. The summed E-state index contributed by atoms with van der Waals surface area (Å²) in [7, 11) is 0. The SMILES string of the molecule is CCNC(=O)OC(CNCCNCC(COC1CCC(C(C)(C)C2CCC(OCC(CN3CCN(CC(COC4CCC(C(C)(C)C5CCC(OCC6CO6)CC5)CC4)OC(=O)NCC)CC3)OC(=O)NCC)CC2)CC1)OC(=O)NCC)COC1CCC(C(C)(C)C2CCC(OCC(CN3CCN(CC(COC4CCC(C(C)(C)C5CCC(OCC6CO6)CC5)CC4)OC(=O)NCC)CC3)OC(=O)NCC)CC2)CC1. The van der Waals surface area contributed by atoms with E-state index in [0.717, 1.165) is 259 Å². The molecule has 4 saturated heterocycles. The average molecular weight is 2070 g/mol. The predicted molar refractivity (Wildman–Crippen MR) is 563 cm³/mol. The van der Waals surface area contributed by atoms with Crippen molar-refractivity contribution in [1.82, 2.24) is 62.1 Å². The van der Waals surface area contributed by atoms with Crippen LogP contribution in [0.5, 0.6) is 0 Å². The number of rotatable bonds is 59. The summed E-state index contributed by atoms with van der Waals surface area (Å²) in [6, 6.07) is 0. The lowest BCUT2D eigenvalue weighted by molar-refractivity contribution is -0.0686. The van der Waals surface area contributed by atoms with Crippen LogP contribution in [-0.4, -0.2) is 364 Å². The smallest absolute Gasteiger partial charge is 0.407 e. The Labute approximate surface area is 877 Å². The fourth-order valence-corrected chi connectivity index (χ4v) is 26.4. The first-order valence-corrected chi connectivity index (χ1v) is 58.6.